The predicted octanol–water partition coefficient (Wildman–Crippen LogP) is 1.95. The number of aryl methyl sites for hydroxylation is 1. The lowest BCUT2D eigenvalue weighted by atomic mass is 10.2. The molecule has 0 aromatic carbocycles. The molecular weight excluding hydrogens is 250 g/mol. The number of pyridine rings is 1. The van der Waals surface area contributed by atoms with E-state index in [4.69, 9.17) is 0 Å². The monoisotopic (exact) mass is 273 g/mol. The number of nitrogens with zero attached hydrogens (tertiary/aromatic N) is 4. The van der Waals surface area contributed by atoms with E-state index in [1.807, 2.05) is 30.3 Å². The van der Waals surface area contributed by atoms with Gasteiger partial charge in [-0.3, -0.25) is 4.68 Å². The Morgan fingerprint density at radius 3 is 2.90 bits per heavy atom. The van der Waals surface area contributed by atoms with Gasteiger partial charge in [0.25, 0.3) is 0 Å². The quantitative estimate of drug-likeness (QED) is 0.783. The van der Waals surface area contributed by atoms with Crippen LogP contribution in [0.1, 0.15) is 24.5 Å². The van der Waals surface area contributed by atoms with Crippen molar-refractivity contribution >= 4 is 5.82 Å². The highest BCUT2D eigenvalue weighted by Gasteiger charge is 2.06. The summed E-state index contributed by atoms with van der Waals surface area (Å²) in [4.78, 5) is 6.58. The van der Waals surface area contributed by atoms with E-state index in [-0.39, 0.29) is 0 Å². The highest BCUT2D eigenvalue weighted by atomic mass is 15.2. The van der Waals surface area contributed by atoms with Crippen LogP contribution in [0.15, 0.2) is 30.7 Å². The third-order valence-electron chi connectivity index (χ3n) is 3.14. The average Bonchev–Trinajstić information content (AvgIpc) is 2.85. The Hall–Kier alpha value is -1.88. The van der Waals surface area contributed by atoms with Crippen LogP contribution in [0.25, 0.3) is 0 Å². The third-order valence-corrected chi connectivity index (χ3v) is 3.14. The topological polar surface area (TPSA) is 46.0 Å². The van der Waals surface area contributed by atoms with Gasteiger partial charge in [0.1, 0.15) is 5.82 Å². The summed E-state index contributed by atoms with van der Waals surface area (Å²) in [6.45, 7) is 4.92. The molecule has 2 aromatic rings. The van der Waals surface area contributed by atoms with Crippen LogP contribution in [0.5, 0.6) is 0 Å². The summed E-state index contributed by atoms with van der Waals surface area (Å²) in [5, 5.41) is 7.60. The molecule has 5 heteroatoms. The molecular formula is C15H23N5. The molecule has 2 heterocycles. The van der Waals surface area contributed by atoms with E-state index in [1.165, 1.54) is 11.1 Å². The minimum Gasteiger partial charge on any atom is -0.355 e. The molecule has 0 bridgehead atoms. The van der Waals surface area contributed by atoms with Gasteiger partial charge in [-0.15, -0.1) is 0 Å². The van der Waals surface area contributed by atoms with Crippen molar-refractivity contribution in [2.45, 2.75) is 26.4 Å². The molecule has 0 atom stereocenters. The number of rotatable bonds is 7. The van der Waals surface area contributed by atoms with E-state index in [2.05, 4.69) is 46.4 Å². The van der Waals surface area contributed by atoms with Gasteiger partial charge < -0.3 is 10.2 Å². The van der Waals surface area contributed by atoms with Gasteiger partial charge >= 0.3 is 0 Å². The van der Waals surface area contributed by atoms with Gasteiger partial charge in [0.2, 0.25) is 0 Å². The molecule has 0 spiro atoms. The largest absolute Gasteiger partial charge is 0.355 e. The molecule has 0 unspecified atom stereocenters. The zero-order valence-electron chi connectivity index (χ0n) is 12.5. The summed E-state index contributed by atoms with van der Waals surface area (Å²) in [7, 11) is 3.99. The summed E-state index contributed by atoms with van der Waals surface area (Å²) in [5.74, 6) is 0.990. The van der Waals surface area contributed by atoms with Gasteiger partial charge in [-0.2, -0.15) is 5.10 Å². The molecule has 0 saturated carbocycles. The van der Waals surface area contributed by atoms with Crippen molar-refractivity contribution in [2.24, 2.45) is 7.05 Å². The number of hydrogen-bond acceptors (Lipinski definition) is 4. The molecule has 0 aliphatic carbocycles. The average molecular weight is 273 g/mol. The molecule has 20 heavy (non-hydrogen) atoms. The smallest absolute Gasteiger partial charge is 0.128 e. The number of anilines is 1. The van der Waals surface area contributed by atoms with Gasteiger partial charge in [0, 0.05) is 45.1 Å². The Morgan fingerprint density at radius 2 is 2.20 bits per heavy atom. The van der Waals surface area contributed by atoms with Crippen molar-refractivity contribution in [2.75, 3.05) is 18.5 Å². The Balaban J connectivity index is 1.98. The zero-order valence-corrected chi connectivity index (χ0v) is 12.5. The van der Waals surface area contributed by atoms with Crippen molar-refractivity contribution in [1.82, 2.24) is 20.1 Å². The lowest BCUT2D eigenvalue weighted by molar-refractivity contribution is 0.674. The second kappa shape index (κ2) is 7.05. The van der Waals surface area contributed by atoms with Crippen molar-refractivity contribution < 1.29 is 0 Å². The van der Waals surface area contributed by atoms with Gasteiger partial charge in [0.05, 0.1) is 6.20 Å². The van der Waals surface area contributed by atoms with Gasteiger partial charge in [-0.25, -0.2) is 4.98 Å². The maximum Gasteiger partial charge on any atom is 0.128 e. The summed E-state index contributed by atoms with van der Waals surface area (Å²) in [6, 6.07) is 4.20. The summed E-state index contributed by atoms with van der Waals surface area (Å²) in [5.41, 5.74) is 2.45. The first-order chi connectivity index (χ1) is 9.69. The number of aromatic nitrogens is 3. The van der Waals surface area contributed by atoms with Crippen LogP contribution in [-0.4, -0.2) is 28.4 Å². The maximum atomic E-state index is 4.44. The van der Waals surface area contributed by atoms with E-state index in [0.717, 1.165) is 31.9 Å². The summed E-state index contributed by atoms with van der Waals surface area (Å²) >= 11 is 0. The van der Waals surface area contributed by atoms with Crippen LogP contribution in [0, 0.1) is 0 Å². The van der Waals surface area contributed by atoms with E-state index in [1.54, 1.807) is 0 Å². The zero-order chi connectivity index (χ0) is 14.4. The lowest BCUT2D eigenvalue weighted by Crippen LogP contribution is -2.18. The minimum atomic E-state index is 0.812. The number of hydrogen-bond donors (Lipinski definition) is 1. The molecule has 1 N–H and O–H groups in total. The Bertz CT molecular complexity index is 535. The minimum absolute atomic E-state index is 0.812. The second-order valence-electron chi connectivity index (χ2n) is 5.08. The molecule has 2 rings (SSSR count). The lowest BCUT2D eigenvalue weighted by Gasteiger charge is -2.18. The van der Waals surface area contributed by atoms with E-state index in [0.29, 0.717) is 0 Å². The van der Waals surface area contributed by atoms with Crippen LogP contribution < -0.4 is 10.2 Å². The first kappa shape index (κ1) is 14.5. The molecule has 0 saturated heterocycles. The third kappa shape index (κ3) is 4.06. The fourth-order valence-corrected chi connectivity index (χ4v) is 2.10. The normalized spacial score (nSPS) is 10.8. The SMILES string of the molecule is CCCNCc1ccnc(N(C)Cc2cnn(C)c2)c1. The van der Waals surface area contributed by atoms with E-state index in [9.17, 15) is 0 Å². The van der Waals surface area contributed by atoms with Crippen LogP contribution >= 0.6 is 0 Å². The molecule has 0 fully saturated rings. The predicted molar refractivity (Wildman–Crippen MR) is 81.5 cm³/mol. The molecule has 108 valence electrons. The second-order valence-corrected chi connectivity index (χ2v) is 5.08. The summed E-state index contributed by atoms with van der Waals surface area (Å²) < 4.78 is 1.82. The van der Waals surface area contributed by atoms with Gasteiger partial charge in [-0.1, -0.05) is 6.92 Å². The molecule has 0 aliphatic heterocycles. The fourth-order valence-electron chi connectivity index (χ4n) is 2.10. The summed E-state index contributed by atoms with van der Waals surface area (Å²) in [6.07, 6.45) is 6.95. The molecule has 2 aromatic heterocycles. The van der Waals surface area contributed by atoms with Crippen LogP contribution in [-0.2, 0) is 20.1 Å². The molecule has 0 amide bonds. The maximum absolute atomic E-state index is 4.44. The van der Waals surface area contributed by atoms with E-state index < -0.39 is 0 Å². The Labute approximate surface area is 120 Å². The molecule has 0 aliphatic rings. The standard InChI is InChI=1S/C15H23N5/c1-4-6-16-9-13-5-7-17-15(8-13)19(2)11-14-10-18-20(3)12-14/h5,7-8,10,12,16H,4,6,9,11H2,1-3H3. The van der Waals surface area contributed by atoms with Gasteiger partial charge in [0.15, 0.2) is 0 Å². The van der Waals surface area contributed by atoms with Crippen LogP contribution in [0.2, 0.25) is 0 Å². The van der Waals surface area contributed by atoms with Crippen LogP contribution in [0.4, 0.5) is 5.82 Å². The molecule has 5 nitrogen and oxygen atoms in total. The molecule has 0 radical (unpaired) electrons. The van der Waals surface area contributed by atoms with Crippen molar-refractivity contribution in [1.29, 1.82) is 0 Å². The van der Waals surface area contributed by atoms with E-state index >= 15 is 0 Å². The first-order valence-electron chi connectivity index (χ1n) is 7.03. The highest BCUT2D eigenvalue weighted by Crippen LogP contribution is 2.14. The number of nitrogens with one attached hydrogen (secondary N) is 1. The van der Waals surface area contributed by atoms with Crippen molar-refractivity contribution in [3.63, 3.8) is 0 Å². The van der Waals surface area contributed by atoms with Gasteiger partial charge in [-0.05, 0) is 30.7 Å². The Morgan fingerprint density at radius 1 is 1.35 bits per heavy atom. The van der Waals surface area contributed by atoms with Crippen LogP contribution in [0.3, 0.4) is 0 Å². The van der Waals surface area contributed by atoms with Crippen molar-refractivity contribution in [3.05, 3.63) is 41.9 Å². The van der Waals surface area contributed by atoms with Crippen molar-refractivity contribution in [3.8, 4) is 0 Å². The fraction of sp³-hybridized carbons (Fsp3) is 0.467. The highest BCUT2D eigenvalue weighted by molar-refractivity contribution is 5.40. The Kier molecular flexibility index (Phi) is 5.12. The first-order valence-corrected chi connectivity index (χ1v) is 7.03.